The Balaban J connectivity index is 1.52. The summed E-state index contributed by atoms with van der Waals surface area (Å²) in [5.74, 6) is -0.466. The minimum atomic E-state index is -0.253. The van der Waals surface area contributed by atoms with Gasteiger partial charge in [-0.05, 0) is 42.3 Å². The Hall–Kier alpha value is -3.21. The number of pyridine rings is 1. The Morgan fingerprint density at radius 2 is 1.58 bits per heavy atom. The summed E-state index contributed by atoms with van der Waals surface area (Å²) in [7, 11) is 0. The maximum Gasteiger partial charge on any atom is 0.270 e. The van der Waals surface area contributed by atoms with Crippen molar-refractivity contribution in [2.24, 2.45) is 0 Å². The topological polar surface area (TPSA) is 54.0 Å². The fraction of sp³-hybridized carbons (Fsp3) is 0.143. The lowest BCUT2D eigenvalue weighted by Gasteiger charge is -2.08. The summed E-state index contributed by atoms with van der Waals surface area (Å²) in [6, 6.07) is 17.8. The molecule has 3 rings (SSSR count). The van der Waals surface area contributed by atoms with Crippen LogP contribution in [0, 0.1) is 12.7 Å². The van der Waals surface area contributed by atoms with E-state index in [4.69, 9.17) is 0 Å². The number of nitrogens with one attached hydrogen (secondary N) is 2. The summed E-state index contributed by atoms with van der Waals surface area (Å²) < 4.78 is 12.9. The highest BCUT2D eigenvalue weighted by Crippen LogP contribution is 2.10. The number of hydrogen-bond donors (Lipinski definition) is 2. The van der Waals surface area contributed by atoms with Gasteiger partial charge in [0.1, 0.15) is 11.5 Å². The van der Waals surface area contributed by atoms with Crippen molar-refractivity contribution in [2.45, 2.75) is 20.0 Å². The lowest BCUT2D eigenvalue weighted by molar-refractivity contribution is 0.0946. The molecular weight excluding hydrogens is 329 g/mol. The number of carbonyl (C=O) groups excluding carboxylic acids is 1. The van der Waals surface area contributed by atoms with Crippen molar-refractivity contribution in [3.8, 4) is 0 Å². The molecule has 4 nitrogen and oxygen atoms in total. The van der Waals surface area contributed by atoms with Gasteiger partial charge in [0.05, 0.1) is 11.9 Å². The van der Waals surface area contributed by atoms with Crippen molar-refractivity contribution in [3.05, 3.63) is 95.1 Å². The van der Waals surface area contributed by atoms with E-state index in [1.165, 1.54) is 17.7 Å². The number of anilines is 1. The van der Waals surface area contributed by atoms with Crippen LogP contribution in [0.3, 0.4) is 0 Å². The molecule has 0 spiro atoms. The number of hydrogen-bond acceptors (Lipinski definition) is 3. The van der Waals surface area contributed by atoms with Gasteiger partial charge in [0.15, 0.2) is 0 Å². The van der Waals surface area contributed by atoms with Crippen LogP contribution in [0.25, 0.3) is 0 Å². The number of rotatable bonds is 6. The van der Waals surface area contributed by atoms with Crippen molar-refractivity contribution in [3.63, 3.8) is 0 Å². The second-order valence-corrected chi connectivity index (χ2v) is 6.08. The largest absolute Gasteiger partial charge is 0.380 e. The van der Waals surface area contributed by atoms with Gasteiger partial charge in [-0.25, -0.2) is 9.37 Å². The average molecular weight is 349 g/mol. The summed E-state index contributed by atoms with van der Waals surface area (Å²) in [5.41, 5.74) is 4.35. The first-order chi connectivity index (χ1) is 12.6. The normalized spacial score (nSPS) is 10.4. The third-order valence-electron chi connectivity index (χ3n) is 3.98. The maximum absolute atomic E-state index is 12.9. The zero-order valence-electron chi connectivity index (χ0n) is 14.5. The second kappa shape index (κ2) is 8.25. The molecule has 0 aliphatic rings. The van der Waals surface area contributed by atoms with Gasteiger partial charge < -0.3 is 10.6 Å². The molecule has 0 unspecified atom stereocenters. The van der Waals surface area contributed by atoms with E-state index in [2.05, 4.69) is 15.6 Å². The lowest BCUT2D eigenvalue weighted by atomic mass is 10.1. The molecular formula is C21H20FN3O. The molecule has 0 atom stereocenters. The Kier molecular flexibility index (Phi) is 5.59. The first-order valence-electron chi connectivity index (χ1n) is 8.38. The van der Waals surface area contributed by atoms with E-state index in [0.717, 1.165) is 16.8 Å². The fourth-order valence-corrected chi connectivity index (χ4v) is 2.42. The van der Waals surface area contributed by atoms with Crippen LogP contribution in [-0.2, 0) is 13.1 Å². The van der Waals surface area contributed by atoms with Gasteiger partial charge in [-0.15, -0.1) is 0 Å². The molecule has 3 aromatic rings. The molecule has 132 valence electrons. The van der Waals surface area contributed by atoms with Gasteiger partial charge >= 0.3 is 0 Å². The molecule has 0 saturated heterocycles. The quantitative estimate of drug-likeness (QED) is 0.705. The predicted molar refractivity (Wildman–Crippen MR) is 100 cm³/mol. The molecule has 0 saturated carbocycles. The summed E-state index contributed by atoms with van der Waals surface area (Å²) in [6.07, 6.45) is 1.62. The highest BCUT2D eigenvalue weighted by atomic mass is 19.1. The van der Waals surface area contributed by atoms with Crippen LogP contribution in [0.2, 0.25) is 0 Å². The van der Waals surface area contributed by atoms with Gasteiger partial charge in [0.2, 0.25) is 0 Å². The maximum atomic E-state index is 12.9. The van der Waals surface area contributed by atoms with E-state index >= 15 is 0 Å². The van der Waals surface area contributed by atoms with Gasteiger partial charge in [-0.2, -0.15) is 0 Å². The Morgan fingerprint density at radius 3 is 2.23 bits per heavy atom. The van der Waals surface area contributed by atoms with E-state index in [1.807, 2.05) is 31.2 Å². The third-order valence-corrected chi connectivity index (χ3v) is 3.98. The Labute approximate surface area is 152 Å². The van der Waals surface area contributed by atoms with E-state index in [-0.39, 0.29) is 11.7 Å². The highest BCUT2D eigenvalue weighted by Gasteiger charge is 2.07. The van der Waals surface area contributed by atoms with Gasteiger partial charge in [0, 0.05) is 13.1 Å². The van der Waals surface area contributed by atoms with E-state index in [0.29, 0.717) is 18.8 Å². The third kappa shape index (κ3) is 4.89. The molecule has 5 heteroatoms. The minimum Gasteiger partial charge on any atom is -0.380 e. The second-order valence-electron chi connectivity index (χ2n) is 6.08. The van der Waals surface area contributed by atoms with E-state index in [9.17, 15) is 9.18 Å². The SMILES string of the molecule is Cc1ccc(CNC(=O)c2ccc(NCc3ccc(F)cc3)cn2)cc1. The van der Waals surface area contributed by atoms with Crippen LogP contribution in [-0.4, -0.2) is 10.9 Å². The molecule has 2 aromatic carbocycles. The molecule has 0 radical (unpaired) electrons. The molecule has 0 aliphatic carbocycles. The molecule has 2 N–H and O–H groups in total. The standard InChI is InChI=1S/C21H20FN3O/c1-15-2-4-16(5-3-15)13-25-21(26)20-11-10-19(14-24-20)23-12-17-6-8-18(22)9-7-17/h2-11,14,23H,12-13H2,1H3,(H,25,26). The van der Waals surface area contributed by atoms with Gasteiger partial charge in [0.25, 0.3) is 5.91 Å². The van der Waals surface area contributed by atoms with Crippen LogP contribution in [0.1, 0.15) is 27.2 Å². The van der Waals surface area contributed by atoms with Crippen molar-refractivity contribution in [1.29, 1.82) is 0 Å². The molecule has 0 bridgehead atoms. The van der Waals surface area contributed by atoms with E-state index in [1.54, 1.807) is 30.5 Å². The number of amides is 1. The number of nitrogens with zero attached hydrogens (tertiary/aromatic N) is 1. The number of aryl methyl sites for hydroxylation is 1. The molecule has 1 aromatic heterocycles. The predicted octanol–water partition coefficient (Wildman–Crippen LogP) is 4.07. The molecule has 1 amide bonds. The van der Waals surface area contributed by atoms with Crippen molar-refractivity contribution >= 4 is 11.6 Å². The van der Waals surface area contributed by atoms with Crippen LogP contribution < -0.4 is 10.6 Å². The summed E-state index contributed by atoms with van der Waals surface area (Å²) >= 11 is 0. The summed E-state index contributed by atoms with van der Waals surface area (Å²) in [5, 5.41) is 6.05. The number of aromatic nitrogens is 1. The van der Waals surface area contributed by atoms with Crippen LogP contribution >= 0.6 is 0 Å². The zero-order chi connectivity index (χ0) is 18.4. The lowest BCUT2D eigenvalue weighted by Crippen LogP contribution is -2.23. The molecule has 1 heterocycles. The zero-order valence-corrected chi connectivity index (χ0v) is 14.5. The summed E-state index contributed by atoms with van der Waals surface area (Å²) in [4.78, 5) is 16.4. The first-order valence-corrected chi connectivity index (χ1v) is 8.38. The Bertz CT molecular complexity index is 859. The number of halogens is 1. The smallest absolute Gasteiger partial charge is 0.270 e. The summed E-state index contributed by atoms with van der Waals surface area (Å²) in [6.45, 7) is 3.05. The first kappa shape index (κ1) is 17.6. The van der Waals surface area contributed by atoms with Crippen LogP contribution in [0.5, 0.6) is 0 Å². The van der Waals surface area contributed by atoms with Gasteiger partial charge in [-0.1, -0.05) is 42.0 Å². The highest BCUT2D eigenvalue weighted by molar-refractivity contribution is 5.92. The molecule has 26 heavy (non-hydrogen) atoms. The number of benzene rings is 2. The Morgan fingerprint density at radius 1 is 0.923 bits per heavy atom. The van der Waals surface area contributed by atoms with Crippen molar-refractivity contribution in [2.75, 3.05) is 5.32 Å². The van der Waals surface area contributed by atoms with Crippen molar-refractivity contribution < 1.29 is 9.18 Å². The molecule has 0 fully saturated rings. The monoisotopic (exact) mass is 349 g/mol. The minimum absolute atomic E-state index is 0.212. The van der Waals surface area contributed by atoms with E-state index < -0.39 is 0 Å². The van der Waals surface area contributed by atoms with Gasteiger partial charge in [-0.3, -0.25) is 4.79 Å². The molecule has 0 aliphatic heterocycles. The van der Waals surface area contributed by atoms with Crippen LogP contribution in [0.4, 0.5) is 10.1 Å². The van der Waals surface area contributed by atoms with Crippen LogP contribution in [0.15, 0.2) is 66.9 Å². The van der Waals surface area contributed by atoms with Crippen molar-refractivity contribution in [1.82, 2.24) is 10.3 Å². The average Bonchev–Trinajstić information content (AvgIpc) is 2.67. The fourth-order valence-electron chi connectivity index (χ4n) is 2.42. The number of carbonyl (C=O) groups is 1.